The quantitative estimate of drug-likeness (QED) is 0.173. The van der Waals surface area contributed by atoms with Crippen LogP contribution >= 0.6 is 0 Å². The molecule has 3 heterocycles. The van der Waals surface area contributed by atoms with Gasteiger partial charge in [0, 0.05) is 55.3 Å². The number of nitrogens with zero attached hydrogens (tertiary/aromatic N) is 4. The summed E-state index contributed by atoms with van der Waals surface area (Å²) in [5.74, 6) is 3.57. The van der Waals surface area contributed by atoms with Crippen LogP contribution in [-0.4, -0.2) is 19.5 Å². The first kappa shape index (κ1) is 40.7. The van der Waals surface area contributed by atoms with Gasteiger partial charge in [0.15, 0.2) is 17.5 Å². The van der Waals surface area contributed by atoms with Gasteiger partial charge in [-0.15, -0.1) is 0 Å². The van der Waals surface area contributed by atoms with Crippen molar-refractivity contribution >= 4 is 21.8 Å². The number of ether oxygens (including phenoxy) is 1. The highest BCUT2D eigenvalue weighted by molar-refractivity contribution is 6.16. The molecule has 0 bridgehead atoms. The molecule has 15 rings (SSSR count). The van der Waals surface area contributed by atoms with Gasteiger partial charge < -0.3 is 9.30 Å². The van der Waals surface area contributed by atoms with Crippen molar-refractivity contribution in [3.8, 4) is 84.7 Å². The summed E-state index contributed by atoms with van der Waals surface area (Å²) in [6.07, 6.45) is 0. The first-order valence-electron chi connectivity index (χ1n) is 24.8. The summed E-state index contributed by atoms with van der Waals surface area (Å²) in [6.45, 7) is 4.73. The minimum absolute atomic E-state index is 0.126. The molecule has 1 spiro atoms. The summed E-state index contributed by atoms with van der Waals surface area (Å²) < 4.78 is 9.25. The van der Waals surface area contributed by atoms with Crippen molar-refractivity contribution in [3.05, 3.63) is 264 Å². The van der Waals surface area contributed by atoms with Gasteiger partial charge in [0.1, 0.15) is 11.5 Å². The van der Waals surface area contributed by atoms with Crippen LogP contribution in [-0.2, 0) is 10.8 Å². The van der Waals surface area contributed by atoms with E-state index in [2.05, 4.69) is 213 Å². The minimum atomic E-state index is -0.695. The molecule has 12 aromatic rings. The van der Waals surface area contributed by atoms with Crippen LogP contribution in [0.15, 0.2) is 231 Å². The van der Waals surface area contributed by atoms with Crippen LogP contribution in [0.5, 0.6) is 11.5 Å². The highest BCUT2D eigenvalue weighted by atomic mass is 16.5. The molecule has 0 radical (unpaired) electrons. The minimum Gasteiger partial charge on any atom is -0.457 e. The number of fused-ring (bicyclic) bond motifs is 16. The van der Waals surface area contributed by atoms with Crippen molar-refractivity contribution in [2.24, 2.45) is 0 Å². The van der Waals surface area contributed by atoms with Gasteiger partial charge >= 0.3 is 0 Å². The Kier molecular flexibility index (Phi) is 8.56. The van der Waals surface area contributed by atoms with E-state index >= 15 is 0 Å². The molecule has 2 aromatic heterocycles. The second-order valence-corrected chi connectivity index (χ2v) is 19.8. The van der Waals surface area contributed by atoms with E-state index in [1.54, 1.807) is 0 Å². The summed E-state index contributed by atoms with van der Waals surface area (Å²) in [5.41, 5.74) is 20.0. The largest absolute Gasteiger partial charge is 0.457 e. The number of aromatic nitrogens is 4. The Morgan fingerprint density at radius 2 is 0.903 bits per heavy atom. The SMILES string of the molecule is CC1(C)c2ccccc2-c2c1ccc1c3cc(-c4ccc5c(c4)-c4c(-c6nc(-c7ccccc7)nc(-c7ccccc7)n6)cccc4C54c5ccccc5Oc5ccccc54)ccc3n(-c3ccccc3)c21. The summed E-state index contributed by atoms with van der Waals surface area (Å²) in [6, 6.07) is 82.9. The third-order valence-corrected chi connectivity index (χ3v) is 15.7. The standard InChI is InChI=1S/C67H44N4O/c1-66(2)51-27-13-12-25-47(51)61-55(66)37-35-46-49-39-44(34-38-57(49)71(62(46)61)45-23-10-5-11-24-45)43-33-36-52-50(40-43)60-48(65-69-63(41-19-6-3-7-20-41)68-64(70-65)42-21-8-4-9-22-42)26-18-30-56(60)67(52)53-28-14-16-31-58(53)72-59-32-17-15-29-54(59)67/h3-40H,1-2H3. The Hall–Kier alpha value is -9.19. The van der Waals surface area contributed by atoms with E-state index in [0.717, 1.165) is 72.8 Å². The zero-order chi connectivity index (χ0) is 47.7. The molecule has 3 aliphatic rings. The van der Waals surface area contributed by atoms with Crippen molar-refractivity contribution in [1.82, 2.24) is 19.5 Å². The maximum Gasteiger partial charge on any atom is 0.164 e. The lowest BCUT2D eigenvalue weighted by Crippen LogP contribution is -2.32. The molecule has 5 heteroatoms. The van der Waals surface area contributed by atoms with Gasteiger partial charge in [0.05, 0.1) is 16.4 Å². The maximum atomic E-state index is 6.77. The monoisotopic (exact) mass is 920 g/mol. The first-order valence-corrected chi connectivity index (χ1v) is 24.8. The van der Waals surface area contributed by atoms with Gasteiger partial charge in [0.25, 0.3) is 0 Å². The van der Waals surface area contributed by atoms with Crippen LogP contribution in [0.25, 0.3) is 95.0 Å². The number of hydrogen-bond donors (Lipinski definition) is 0. The fourth-order valence-electron chi connectivity index (χ4n) is 12.6. The molecular weight excluding hydrogens is 877 g/mol. The van der Waals surface area contributed by atoms with E-state index in [1.165, 1.54) is 49.6 Å². The Labute approximate surface area is 417 Å². The molecule has 72 heavy (non-hydrogen) atoms. The third kappa shape index (κ3) is 5.62. The van der Waals surface area contributed by atoms with Gasteiger partial charge in [-0.25, -0.2) is 15.0 Å². The summed E-state index contributed by atoms with van der Waals surface area (Å²) in [5, 5.41) is 2.46. The molecule has 5 nitrogen and oxygen atoms in total. The van der Waals surface area contributed by atoms with Crippen LogP contribution in [0.4, 0.5) is 0 Å². The maximum absolute atomic E-state index is 6.77. The molecule has 0 amide bonds. The average molecular weight is 921 g/mol. The molecule has 2 aliphatic carbocycles. The fraction of sp³-hybridized carbons (Fsp3) is 0.0597. The first-order chi connectivity index (χ1) is 35.5. The molecule has 0 unspecified atom stereocenters. The summed E-state index contributed by atoms with van der Waals surface area (Å²) >= 11 is 0. The van der Waals surface area contributed by atoms with Crippen LogP contribution < -0.4 is 4.74 Å². The molecule has 0 atom stereocenters. The average Bonchev–Trinajstić information content (AvgIpc) is 4.02. The Morgan fingerprint density at radius 3 is 1.60 bits per heavy atom. The highest BCUT2D eigenvalue weighted by Crippen LogP contribution is 2.64. The lowest BCUT2D eigenvalue weighted by molar-refractivity contribution is 0.436. The predicted octanol–water partition coefficient (Wildman–Crippen LogP) is 16.4. The van der Waals surface area contributed by atoms with Crippen molar-refractivity contribution in [1.29, 1.82) is 0 Å². The van der Waals surface area contributed by atoms with Crippen molar-refractivity contribution < 1.29 is 4.74 Å². The van der Waals surface area contributed by atoms with Crippen LogP contribution in [0.1, 0.15) is 47.2 Å². The number of rotatable bonds is 5. The second-order valence-electron chi connectivity index (χ2n) is 19.8. The second kappa shape index (κ2) is 15.2. The van der Waals surface area contributed by atoms with Gasteiger partial charge in [-0.05, 0) is 92.5 Å². The zero-order valence-electron chi connectivity index (χ0n) is 39.6. The van der Waals surface area contributed by atoms with E-state index < -0.39 is 5.41 Å². The Balaban J connectivity index is 1.00. The normalized spacial score (nSPS) is 14.0. The molecule has 0 saturated heterocycles. The molecular formula is C67H44N4O. The number of benzene rings is 10. The molecule has 1 aliphatic heterocycles. The Morgan fingerprint density at radius 1 is 0.361 bits per heavy atom. The van der Waals surface area contributed by atoms with Crippen molar-refractivity contribution in [2.45, 2.75) is 24.7 Å². The van der Waals surface area contributed by atoms with Crippen LogP contribution in [0.3, 0.4) is 0 Å². The van der Waals surface area contributed by atoms with Gasteiger partial charge in [-0.2, -0.15) is 0 Å². The molecule has 10 aromatic carbocycles. The van der Waals surface area contributed by atoms with Crippen molar-refractivity contribution in [3.63, 3.8) is 0 Å². The van der Waals surface area contributed by atoms with E-state index in [9.17, 15) is 0 Å². The third-order valence-electron chi connectivity index (χ3n) is 15.7. The zero-order valence-corrected chi connectivity index (χ0v) is 39.6. The summed E-state index contributed by atoms with van der Waals surface area (Å²) in [7, 11) is 0. The van der Waals surface area contributed by atoms with E-state index in [1.807, 2.05) is 36.4 Å². The van der Waals surface area contributed by atoms with E-state index in [-0.39, 0.29) is 5.41 Å². The molecule has 338 valence electrons. The van der Waals surface area contributed by atoms with Crippen LogP contribution in [0.2, 0.25) is 0 Å². The van der Waals surface area contributed by atoms with Crippen LogP contribution in [0, 0.1) is 0 Å². The summed E-state index contributed by atoms with van der Waals surface area (Å²) in [4.78, 5) is 15.8. The molecule has 0 saturated carbocycles. The predicted molar refractivity (Wildman–Crippen MR) is 291 cm³/mol. The molecule has 0 N–H and O–H groups in total. The van der Waals surface area contributed by atoms with Crippen molar-refractivity contribution in [2.75, 3.05) is 0 Å². The van der Waals surface area contributed by atoms with Gasteiger partial charge in [-0.1, -0.05) is 202 Å². The fourth-order valence-corrected chi connectivity index (χ4v) is 12.6. The Bertz CT molecular complexity index is 4110. The van der Waals surface area contributed by atoms with Gasteiger partial charge in [0.2, 0.25) is 0 Å². The lowest BCUT2D eigenvalue weighted by Gasteiger charge is -2.39. The number of para-hydroxylation sites is 3. The van der Waals surface area contributed by atoms with E-state index in [0.29, 0.717) is 17.5 Å². The topological polar surface area (TPSA) is 52.8 Å². The van der Waals surface area contributed by atoms with E-state index in [4.69, 9.17) is 19.7 Å². The van der Waals surface area contributed by atoms with Gasteiger partial charge in [-0.3, -0.25) is 0 Å². The highest BCUT2D eigenvalue weighted by Gasteiger charge is 2.52. The molecule has 0 fully saturated rings. The lowest BCUT2D eigenvalue weighted by atomic mass is 9.66. The number of hydrogen-bond acceptors (Lipinski definition) is 4. The smallest absolute Gasteiger partial charge is 0.164 e.